The molecule has 6 nitrogen and oxygen atoms in total. The number of esters is 1. The Balaban J connectivity index is 1.98. The molecule has 2 heterocycles. The molecule has 2 aliphatic rings. The van der Waals surface area contributed by atoms with Gasteiger partial charge in [-0.2, -0.15) is 0 Å². The quantitative estimate of drug-likeness (QED) is 0.616. The summed E-state index contributed by atoms with van der Waals surface area (Å²) in [6, 6.07) is 6.93. The van der Waals surface area contributed by atoms with Gasteiger partial charge in [0.15, 0.2) is 5.17 Å². The van der Waals surface area contributed by atoms with Crippen LogP contribution in [-0.4, -0.2) is 35.1 Å². The van der Waals surface area contributed by atoms with E-state index in [-0.39, 0.29) is 18.9 Å². The average molecular weight is 448 g/mol. The molecule has 0 spiro atoms. The molecule has 1 atom stereocenters. The zero-order valence-electron chi connectivity index (χ0n) is 17.6. The summed E-state index contributed by atoms with van der Waals surface area (Å²) in [6.45, 7) is 8.57. The van der Waals surface area contributed by atoms with Gasteiger partial charge in [0.05, 0.1) is 30.3 Å². The van der Waals surface area contributed by atoms with Crippen molar-refractivity contribution in [3.63, 3.8) is 0 Å². The minimum atomic E-state index is -0.464. The zero-order valence-corrected chi connectivity index (χ0v) is 19.1. The second-order valence-corrected chi connectivity index (χ2v) is 8.82. The first-order valence-electron chi connectivity index (χ1n) is 9.95. The Morgan fingerprint density at radius 3 is 2.80 bits per heavy atom. The van der Waals surface area contributed by atoms with Crippen LogP contribution in [0.1, 0.15) is 45.7 Å². The summed E-state index contributed by atoms with van der Waals surface area (Å²) in [5.41, 5.74) is 2.70. The molecule has 1 amide bonds. The third-order valence-corrected chi connectivity index (χ3v) is 5.83. The van der Waals surface area contributed by atoms with E-state index < -0.39 is 12.0 Å². The van der Waals surface area contributed by atoms with Crippen LogP contribution in [0.5, 0.6) is 0 Å². The van der Waals surface area contributed by atoms with Crippen LogP contribution in [0.15, 0.2) is 51.6 Å². The van der Waals surface area contributed by atoms with Gasteiger partial charge in [0.1, 0.15) is 0 Å². The Bertz CT molecular complexity index is 939. The van der Waals surface area contributed by atoms with Gasteiger partial charge in [0.2, 0.25) is 5.91 Å². The summed E-state index contributed by atoms with van der Waals surface area (Å²) >= 11 is 7.71. The number of nitrogens with zero attached hydrogens (tertiary/aromatic N) is 2. The number of carbonyl (C=O) groups excluding carboxylic acids is 2. The van der Waals surface area contributed by atoms with Gasteiger partial charge in [0.25, 0.3) is 0 Å². The number of amides is 1. The smallest absolute Gasteiger partial charge is 0.338 e. The predicted molar refractivity (Wildman–Crippen MR) is 121 cm³/mol. The Labute approximate surface area is 186 Å². The monoisotopic (exact) mass is 447 g/mol. The van der Waals surface area contributed by atoms with E-state index in [1.54, 1.807) is 13.0 Å². The lowest BCUT2D eigenvalue weighted by molar-refractivity contribution is -0.139. The molecule has 1 aromatic carbocycles. The van der Waals surface area contributed by atoms with Crippen LogP contribution in [0.3, 0.4) is 0 Å². The molecule has 160 valence electrons. The molecule has 1 aromatic rings. The van der Waals surface area contributed by atoms with Gasteiger partial charge in [-0.15, -0.1) is 0 Å². The standard InChI is InChI=1S/C22H26ClN3O3S/c1-5-29-21(28)19-14(4)25-22-26(20(19)15-7-6-8-16(23)9-15)17(12-30-22)10-18(27)24-11-13(2)3/h6-9,12-13,20H,5,10-11H2,1-4H3,(H,24,27). The van der Waals surface area contributed by atoms with Gasteiger partial charge >= 0.3 is 5.97 Å². The fourth-order valence-electron chi connectivity index (χ4n) is 3.38. The molecule has 8 heteroatoms. The van der Waals surface area contributed by atoms with Gasteiger partial charge in [-0.05, 0) is 42.9 Å². The third kappa shape index (κ3) is 4.90. The fraction of sp³-hybridized carbons (Fsp3) is 0.409. The molecular formula is C22H26ClN3O3S. The number of fused-ring (bicyclic) bond motifs is 1. The molecule has 0 bridgehead atoms. The maximum atomic E-state index is 12.9. The van der Waals surface area contributed by atoms with E-state index in [1.807, 2.05) is 35.4 Å². The van der Waals surface area contributed by atoms with Crippen LogP contribution in [0.25, 0.3) is 0 Å². The van der Waals surface area contributed by atoms with Crippen molar-refractivity contribution < 1.29 is 14.3 Å². The van der Waals surface area contributed by atoms with E-state index in [1.165, 1.54) is 11.8 Å². The lowest BCUT2D eigenvalue weighted by Crippen LogP contribution is -2.38. The topological polar surface area (TPSA) is 71.0 Å². The van der Waals surface area contributed by atoms with Crippen LogP contribution < -0.4 is 5.32 Å². The number of thioether (sulfide) groups is 1. The summed E-state index contributed by atoms with van der Waals surface area (Å²) in [4.78, 5) is 31.9. The van der Waals surface area contributed by atoms with Crippen molar-refractivity contribution in [1.82, 2.24) is 10.2 Å². The first-order valence-corrected chi connectivity index (χ1v) is 11.2. The van der Waals surface area contributed by atoms with E-state index in [4.69, 9.17) is 16.3 Å². The molecule has 0 radical (unpaired) electrons. The zero-order chi connectivity index (χ0) is 21.8. The molecule has 1 N–H and O–H groups in total. The normalized spacial score (nSPS) is 18.2. The second kappa shape index (κ2) is 9.71. The predicted octanol–water partition coefficient (Wildman–Crippen LogP) is 4.64. The fourth-order valence-corrected chi connectivity index (χ4v) is 4.54. The highest BCUT2D eigenvalue weighted by atomic mass is 35.5. The minimum absolute atomic E-state index is 0.0643. The van der Waals surface area contributed by atoms with Crippen molar-refractivity contribution in [3.8, 4) is 0 Å². The van der Waals surface area contributed by atoms with Crippen LogP contribution in [0.4, 0.5) is 0 Å². The number of rotatable bonds is 7. The number of nitrogens with one attached hydrogen (secondary N) is 1. The van der Waals surface area contributed by atoms with Crippen LogP contribution in [0.2, 0.25) is 5.02 Å². The summed E-state index contributed by atoms with van der Waals surface area (Å²) in [5, 5.41) is 6.18. The first-order chi connectivity index (χ1) is 14.3. The maximum absolute atomic E-state index is 12.9. The molecule has 0 aromatic heterocycles. The van der Waals surface area contributed by atoms with Crippen LogP contribution in [0, 0.1) is 5.92 Å². The molecule has 1 unspecified atom stereocenters. The van der Waals surface area contributed by atoms with Gasteiger partial charge in [-0.1, -0.05) is 49.3 Å². The van der Waals surface area contributed by atoms with E-state index in [2.05, 4.69) is 24.2 Å². The molecule has 0 saturated carbocycles. The van der Waals surface area contributed by atoms with Gasteiger partial charge in [-0.25, -0.2) is 9.79 Å². The minimum Gasteiger partial charge on any atom is -0.463 e. The van der Waals surface area contributed by atoms with Crippen molar-refractivity contribution in [2.75, 3.05) is 13.2 Å². The Kier molecular flexibility index (Phi) is 7.26. The van der Waals surface area contributed by atoms with Crippen molar-refractivity contribution in [2.24, 2.45) is 10.9 Å². The highest BCUT2D eigenvalue weighted by Gasteiger charge is 2.41. The summed E-state index contributed by atoms with van der Waals surface area (Å²) < 4.78 is 5.33. The largest absolute Gasteiger partial charge is 0.463 e. The number of amidine groups is 1. The number of halogens is 1. The van der Waals surface area contributed by atoms with Crippen molar-refractivity contribution in [2.45, 2.75) is 40.2 Å². The summed E-state index contributed by atoms with van der Waals surface area (Å²) in [7, 11) is 0. The molecule has 2 aliphatic heterocycles. The van der Waals surface area contributed by atoms with Gasteiger partial charge < -0.3 is 15.0 Å². The van der Waals surface area contributed by atoms with E-state index in [9.17, 15) is 9.59 Å². The average Bonchev–Trinajstić information content (AvgIpc) is 3.07. The molecule has 0 saturated heterocycles. The third-order valence-electron chi connectivity index (χ3n) is 4.71. The number of carbonyl (C=O) groups is 2. The lowest BCUT2D eigenvalue weighted by atomic mass is 9.94. The van der Waals surface area contributed by atoms with Crippen LogP contribution in [-0.2, 0) is 14.3 Å². The highest BCUT2D eigenvalue weighted by molar-refractivity contribution is 8.16. The van der Waals surface area contributed by atoms with E-state index in [0.717, 1.165) is 16.4 Å². The number of benzene rings is 1. The Morgan fingerprint density at radius 2 is 2.13 bits per heavy atom. The highest BCUT2D eigenvalue weighted by Crippen LogP contribution is 2.45. The molecule has 3 rings (SSSR count). The molecule has 0 aliphatic carbocycles. The number of aliphatic imine (C=N–C) groups is 1. The van der Waals surface area contributed by atoms with E-state index in [0.29, 0.717) is 28.8 Å². The second-order valence-electron chi connectivity index (χ2n) is 7.54. The Morgan fingerprint density at radius 1 is 1.37 bits per heavy atom. The number of hydrogen-bond acceptors (Lipinski definition) is 6. The number of hydrogen-bond donors (Lipinski definition) is 1. The summed E-state index contributed by atoms with van der Waals surface area (Å²) in [5.74, 6) is -0.109. The van der Waals surface area contributed by atoms with Crippen molar-refractivity contribution in [3.05, 3.63) is 57.2 Å². The SMILES string of the molecule is CCOC(=O)C1=C(C)N=C2SC=C(CC(=O)NCC(C)C)N2C1c1cccc(Cl)c1. The number of allylic oxidation sites excluding steroid dienone is 1. The summed E-state index contributed by atoms with van der Waals surface area (Å²) in [6.07, 6.45) is 0.199. The molecular weight excluding hydrogens is 422 g/mol. The number of ether oxygens (including phenoxy) is 1. The van der Waals surface area contributed by atoms with E-state index >= 15 is 0 Å². The van der Waals surface area contributed by atoms with Gasteiger partial charge in [-0.3, -0.25) is 4.79 Å². The molecule has 30 heavy (non-hydrogen) atoms. The Hall–Kier alpha value is -2.25. The van der Waals surface area contributed by atoms with Crippen molar-refractivity contribution >= 4 is 40.4 Å². The van der Waals surface area contributed by atoms with Crippen LogP contribution >= 0.6 is 23.4 Å². The first kappa shape index (κ1) is 22.4. The molecule has 0 fully saturated rings. The lowest BCUT2D eigenvalue weighted by Gasteiger charge is -2.36. The van der Waals surface area contributed by atoms with Gasteiger partial charge in [0, 0.05) is 17.3 Å². The maximum Gasteiger partial charge on any atom is 0.338 e. The van der Waals surface area contributed by atoms with Crippen molar-refractivity contribution in [1.29, 1.82) is 0 Å².